The Morgan fingerprint density at radius 2 is 1.69 bits per heavy atom. The Balaban J connectivity index is 1.62. The molecule has 1 unspecified atom stereocenters. The molecule has 1 atom stereocenters. The SMILES string of the molecule is COc1ccc(-c2ccc(S(=O)(=O)C(N)(CC3(COc4cccs4)OCCCO3)C(=O)O)cc2)cc1. The molecule has 36 heavy (non-hydrogen) atoms. The van der Waals surface area contributed by atoms with E-state index >= 15 is 0 Å². The first-order chi connectivity index (χ1) is 17.2. The van der Waals surface area contributed by atoms with E-state index in [1.807, 2.05) is 17.5 Å². The molecular weight excluding hydrogens is 506 g/mol. The van der Waals surface area contributed by atoms with E-state index in [9.17, 15) is 18.3 Å². The number of carboxylic acids is 1. The number of nitrogens with two attached hydrogens (primary N) is 1. The van der Waals surface area contributed by atoms with Gasteiger partial charge in [0.2, 0.25) is 20.5 Å². The third-order valence-corrected chi connectivity index (χ3v) is 8.86. The van der Waals surface area contributed by atoms with Gasteiger partial charge in [-0.05, 0) is 59.3 Å². The van der Waals surface area contributed by atoms with Crippen LogP contribution in [0, 0.1) is 0 Å². The highest BCUT2D eigenvalue weighted by Gasteiger charge is 2.56. The van der Waals surface area contributed by atoms with Crippen LogP contribution in [0.25, 0.3) is 11.1 Å². The molecular formula is C25H27NO8S2. The average Bonchev–Trinajstić information content (AvgIpc) is 3.42. The van der Waals surface area contributed by atoms with Crippen molar-refractivity contribution in [2.24, 2.45) is 5.73 Å². The van der Waals surface area contributed by atoms with Crippen LogP contribution < -0.4 is 15.2 Å². The number of methoxy groups -OCH3 is 1. The normalized spacial score (nSPS) is 17.2. The van der Waals surface area contributed by atoms with Gasteiger partial charge in [0.1, 0.15) is 12.4 Å². The molecule has 0 amide bonds. The van der Waals surface area contributed by atoms with Crippen molar-refractivity contribution in [2.75, 3.05) is 26.9 Å². The molecule has 0 aliphatic carbocycles. The Hall–Kier alpha value is -2.96. The highest BCUT2D eigenvalue weighted by Crippen LogP contribution is 2.36. The highest BCUT2D eigenvalue weighted by atomic mass is 32.2. The molecule has 0 bridgehead atoms. The molecule has 4 rings (SSSR count). The zero-order valence-electron chi connectivity index (χ0n) is 19.6. The first-order valence-corrected chi connectivity index (χ1v) is 13.5. The van der Waals surface area contributed by atoms with Crippen molar-refractivity contribution >= 4 is 27.1 Å². The number of carboxylic acid groups (broad SMARTS) is 1. The van der Waals surface area contributed by atoms with Crippen molar-refractivity contribution in [3.63, 3.8) is 0 Å². The van der Waals surface area contributed by atoms with Crippen molar-refractivity contribution in [3.05, 3.63) is 66.0 Å². The number of sulfone groups is 1. The minimum Gasteiger partial charge on any atom is -0.497 e. The van der Waals surface area contributed by atoms with E-state index in [1.165, 1.54) is 23.5 Å². The van der Waals surface area contributed by atoms with Gasteiger partial charge in [-0.25, -0.2) is 13.2 Å². The molecule has 0 radical (unpaired) electrons. The van der Waals surface area contributed by atoms with Crippen molar-refractivity contribution in [2.45, 2.75) is 28.4 Å². The number of hydrogen-bond acceptors (Lipinski definition) is 9. The average molecular weight is 534 g/mol. The standard InChI is InChI=1S/C25H27NO8S2/c1-31-20-9-5-18(6-10-20)19-7-11-21(12-8-19)36(29,30)25(26,23(27)28)16-24(33-13-3-14-34-24)17-32-22-4-2-15-35-22/h2,4-12,15H,3,13-14,16-17,26H2,1H3,(H,27,28). The molecule has 11 heteroatoms. The monoisotopic (exact) mass is 533 g/mol. The van der Waals surface area contributed by atoms with Gasteiger partial charge in [0.05, 0.1) is 25.2 Å². The van der Waals surface area contributed by atoms with Gasteiger partial charge in [0, 0.05) is 6.42 Å². The maximum absolute atomic E-state index is 13.6. The Morgan fingerprint density at radius 1 is 1.08 bits per heavy atom. The van der Waals surface area contributed by atoms with Gasteiger partial charge in [-0.3, -0.25) is 0 Å². The molecule has 1 aliphatic rings. The Bertz CT molecular complexity index is 1270. The summed E-state index contributed by atoms with van der Waals surface area (Å²) in [6.07, 6.45) is -0.0890. The Kier molecular flexibility index (Phi) is 7.67. The molecule has 192 valence electrons. The second kappa shape index (κ2) is 10.6. The summed E-state index contributed by atoms with van der Waals surface area (Å²) < 4.78 is 49.6. The summed E-state index contributed by atoms with van der Waals surface area (Å²) in [6.45, 7) is 0.284. The number of aliphatic carboxylic acids is 1. The van der Waals surface area contributed by atoms with E-state index in [0.717, 1.165) is 11.1 Å². The van der Waals surface area contributed by atoms with Gasteiger partial charge in [0.15, 0.2) is 5.06 Å². The van der Waals surface area contributed by atoms with Crippen LogP contribution >= 0.6 is 11.3 Å². The third kappa shape index (κ3) is 5.25. The van der Waals surface area contributed by atoms with E-state index in [4.69, 9.17) is 24.7 Å². The number of ether oxygens (including phenoxy) is 4. The van der Waals surface area contributed by atoms with Crippen LogP contribution in [0.1, 0.15) is 12.8 Å². The lowest BCUT2D eigenvalue weighted by Gasteiger charge is -2.40. The zero-order chi connectivity index (χ0) is 25.8. The fourth-order valence-electron chi connectivity index (χ4n) is 3.89. The van der Waals surface area contributed by atoms with E-state index in [2.05, 4.69) is 0 Å². The summed E-state index contributed by atoms with van der Waals surface area (Å²) in [5.41, 5.74) is 7.77. The minimum absolute atomic E-state index is 0.217. The second-order valence-electron chi connectivity index (χ2n) is 8.31. The molecule has 0 saturated carbocycles. The lowest BCUT2D eigenvalue weighted by molar-refractivity contribution is -0.284. The smallest absolute Gasteiger partial charge is 0.340 e. The first kappa shape index (κ1) is 26.1. The summed E-state index contributed by atoms with van der Waals surface area (Å²) in [5, 5.41) is 12.4. The molecule has 9 nitrogen and oxygen atoms in total. The van der Waals surface area contributed by atoms with Crippen LogP contribution in [-0.4, -0.2) is 57.1 Å². The van der Waals surface area contributed by atoms with E-state index in [1.54, 1.807) is 43.5 Å². The lowest BCUT2D eigenvalue weighted by atomic mass is 10.1. The van der Waals surface area contributed by atoms with Gasteiger partial charge in [-0.15, -0.1) is 11.3 Å². The highest BCUT2D eigenvalue weighted by molar-refractivity contribution is 7.93. The van der Waals surface area contributed by atoms with Crippen molar-refractivity contribution in [1.82, 2.24) is 0 Å². The summed E-state index contributed by atoms with van der Waals surface area (Å²) in [4.78, 5) is 9.41. The Morgan fingerprint density at radius 3 is 2.22 bits per heavy atom. The quantitative estimate of drug-likeness (QED) is 0.401. The van der Waals surface area contributed by atoms with E-state index in [0.29, 0.717) is 17.2 Å². The van der Waals surface area contributed by atoms with Gasteiger partial charge in [-0.2, -0.15) is 0 Å². The fourth-order valence-corrected chi connectivity index (χ4v) is 6.02. The third-order valence-electron chi connectivity index (χ3n) is 5.91. The number of hydrogen-bond donors (Lipinski definition) is 2. The largest absolute Gasteiger partial charge is 0.497 e. The first-order valence-electron chi connectivity index (χ1n) is 11.1. The maximum atomic E-state index is 13.6. The van der Waals surface area contributed by atoms with Crippen LogP contribution in [0.3, 0.4) is 0 Å². The minimum atomic E-state index is -4.57. The number of rotatable bonds is 10. The van der Waals surface area contributed by atoms with Crippen LogP contribution in [-0.2, 0) is 24.1 Å². The van der Waals surface area contributed by atoms with E-state index < -0.39 is 32.9 Å². The molecule has 3 aromatic rings. The molecule has 1 aliphatic heterocycles. The second-order valence-corrected chi connectivity index (χ2v) is 11.4. The predicted molar refractivity (Wildman–Crippen MR) is 134 cm³/mol. The predicted octanol–water partition coefficient (Wildman–Crippen LogP) is 3.54. The van der Waals surface area contributed by atoms with Gasteiger partial charge >= 0.3 is 5.97 Å². The number of benzene rings is 2. The summed E-state index contributed by atoms with van der Waals surface area (Å²) in [6, 6.07) is 16.7. The van der Waals surface area contributed by atoms with Gasteiger partial charge < -0.3 is 29.8 Å². The Labute approximate surface area is 213 Å². The topological polar surface area (TPSA) is 134 Å². The summed E-state index contributed by atoms with van der Waals surface area (Å²) in [5.74, 6) is -2.67. The van der Waals surface area contributed by atoms with Gasteiger partial charge in [0.25, 0.3) is 0 Å². The zero-order valence-corrected chi connectivity index (χ0v) is 21.2. The van der Waals surface area contributed by atoms with Crippen LogP contribution in [0.15, 0.2) is 70.9 Å². The maximum Gasteiger partial charge on any atom is 0.340 e. The molecule has 1 aromatic heterocycles. The lowest BCUT2D eigenvalue weighted by Crippen LogP contribution is -2.62. The molecule has 2 heterocycles. The molecule has 1 saturated heterocycles. The van der Waals surface area contributed by atoms with Crippen molar-refractivity contribution in [1.29, 1.82) is 0 Å². The van der Waals surface area contributed by atoms with Crippen LogP contribution in [0.5, 0.6) is 10.8 Å². The fraction of sp³-hybridized carbons (Fsp3) is 0.320. The molecule has 0 spiro atoms. The number of thiophene rings is 1. The summed E-state index contributed by atoms with van der Waals surface area (Å²) in [7, 11) is -3.01. The molecule has 2 aromatic carbocycles. The van der Waals surface area contributed by atoms with Crippen molar-refractivity contribution < 1.29 is 37.3 Å². The van der Waals surface area contributed by atoms with Crippen LogP contribution in [0.4, 0.5) is 0 Å². The number of carbonyl (C=O) groups is 1. The van der Waals surface area contributed by atoms with E-state index in [-0.39, 0.29) is 24.7 Å². The van der Waals surface area contributed by atoms with Gasteiger partial charge in [-0.1, -0.05) is 24.3 Å². The molecule has 1 fully saturated rings. The summed E-state index contributed by atoms with van der Waals surface area (Å²) >= 11 is 1.33. The molecule has 3 N–H and O–H groups in total. The van der Waals surface area contributed by atoms with Crippen LogP contribution in [0.2, 0.25) is 0 Å². The van der Waals surface area contributed by atoms with Crippen molar-refractivity contribution in [3.8, 4) is 21.9 Å².